The van der Waals surface area contributed by atoms with Crippen LogP contribution < -0.4 is 5.73 Å². The average Bonchev–Trinajstić information content (AvgIpc) is 2.92. The molecule has 3 rings (SSSR count). The number of ketones is 1. The summed E-state index contributed by atoms with van der Waals surface area (Å²) in [5, 5.41) is 1.65. The Labute approximate surface area is 97.0 Å². The fraction of sp³-hybridized carbons (Fsp3) is 0.154. The van der Waals surface area contributed by atoms with Gasteiger partial charge in [0.05, 0.1) is 18.1 Å². The number of nitrogens with two attached hydrogens (primary N) is 1. The van der Waals surface area contributed by atoms with E-state index in [9.17, 15) is 4.79 Å². The maximum atomic E-state index is 12.1. The highest BCUT2D eigenvalue weighted by Crippen LogP contribution is 2.30. The van der Waals surface area contributed by atoms with Gasteiger partial charge in [-0.15, -0.1) is 0 Å². The summed E-state index contributed by atoms with van der Waals surface area (Å²) in [5.41, 5.74) is 7.30. The Morgan fingerprint density at radius 3 is 2.88 bits per heavy atom. The molecule has 0 amide bonds. The molecule has 0 unspecified atom stereocenters. The molecule has 86 valence electrons. The molecular weight excluding hydrogens is 218 g/mol. The van der Waals surface area contributed by atoms with Crippen molar-refractivity contribution >= 4 is 27.7 Å². The first-order valence-electron chi connectivity index (χ1n) is 5.42. The summed E-state index contributed by atoms with van der Waals surface area (Å²) >= 11 is 0. The Hall–Kier alpha value is -2.07. The summed E-state index contributed by atoms with van der Waals surface area (Å²) in [6, 6.07) is 5.46. The van der Waals surface area contributed by atoms with Gasteiger partial charge < -0.3 is 14.6 Å². The van der Waals surface area contributed by atoms with E-state index in [0.717, 1.165) is 10.8 Å². The van der Waals surface area contributed by atoms with Gasteiger partial charge in [0.15, 0.2) is 5.78 Å². The highest BCUT2D eigenvalue weighted by molar-refractivity contribution is 6.16. The van der Waals surface area contributed by atoms with Crippen molar-refractivity contribution in [2.75, 3.05) is 6.54 Å². The SMILES string of the molecule is NCCC(=O)c1c2ccoc2cc2ccoc12. The molecule has 0 atom stereocenters. The van der Waals surface area contributed by atoms with Gasteiger partial charge in [-0.1, -0.05) is 0 Å². The third-order valence-electron chi connectivity index (χ3n) is 2.82. The second-order valence-electron chi connectivity index (χ2n) is 3.88. The van der Waals surface area contributed by atoms with E-state index in [4.69, 9.17) is 14.6 Å². The molecule has 4 heteroatoms. The van der Waals surface area contributed by atoms with E-state index >= 15 is 0 Å². The number of carbonyl (C=O) groups excluding carboxylic acids is 1. The second kappa shape index (κ2) is 3.75. The number of fused-ring (bicyclic) bond motifs is 2. The Bertz CT molecular complexity index is 644. The number of rotatable bonds is 3. The van der Waals surface area contributed by atoms with E-state index in [2.05, 4.69) is 0 Å². The Morgan fingerprint density at radius 1 is 1.24 bits per heavy atom. The van der Waals surface area contributed by atoms with E-state index in [-0.39, 0.29) is 5.78 Å². The van der Waals surface area contributed by atoms with Crippen LogP contribution >= 0.6 is 0 Å². The lowest BCUT2D eigenvalue weighted by Crippen LogP contribution is -2.08. The summed E-state index contributed by atoms with van der Waals surface area (Å²) in [4.78, 5) is 12.1. The minimum atomic E-state index is -0.0144. The predicted molar refractivity (Wildman–Crippen MR) is 64.0 cm³/mol. The molecular formula is C13H11NO3. The molecule has 4 nitrogen and oxygen atoms in total. The molecule has 0 aliphatic carbocycles. The van der Waals surface area contributed by atoms with Gasteiger partial charge in [0.2, 0.25) is 0 Å². The smallest absolute Gasteiger partial charge is 0.168 e. The Morgan fingerprint density at radius 2 is 2.06 bits per heavy atom. The number of furan rings is 2. The van der Waals surface area contributed by atoms with Gasteiger partial charge in [-0.25, -0.2) is 0 Å². The zero-order chi connectivity index (χ0) is 11.8. The third-order valence-corrected chi connectivity index (χ3v) is 2.82. The van der Waals surface area contributed by atoms with Gasteiger partial charge in [-0.3, -0.25) is 4.79 Å². The van der Waals surface area contributed by atoms with Crippen molar-refractivity contribution in [1.29, 1.82) is 0 Å². The van der Waals surface area contributed by atoms with Crippen molar-refractivity contribution < 1.29 is 13.6 Å². The molecule has 2 aromatic heterocycles. The number of hydrogen-bond donors (Lipinski definition) is 1. The van der Waals surface area contributed by atoms with Crippen LogP contribution in [0.3, 0.4) is 0 Å². The maximum absolute atomic E-state index is 12.1. The largest absolute Gasteiger partial charge is 0.464 e. The van der Waals surface area contributed by atoms with Gasteiger partial charge in [-0.05, 0) is 24.7 Å². The van der Waals surface area contributed by atoms with Crippen molar-refractivity contribution in [3.63, 3.8) is 0 Å². The summed E-state index contributed by atoms with van der Waals surface area (Å²) in [5.74, 6) is -0.0144. The maximum Gasteiger partial charge on any atom is 0.168 e. The van der Waals surface area contributed by atoms with Gasteiger partial charge in [-0.2, -0.15) is 0 Å². The standard InChI is InChI=1S/C13H11NO3/c14-4-1-10(15)12-9-3-6-16-11(9)7-8-2-5-17-13(8)12/h2-3,5-7H,1,4,14H2. The zero-order valence-corrected chi connectivity index (χ0v) is 9.10. The average molecular weight is 229 g/mol. The molecule has 0 spiro atoms. The zero-order valence-electron chi connectivity index (χ0n) is 9.10. The van der Waals surface area contributed by atoms with Gasteiger partial charge in [0, 0.05) is 17.2 Å². The van der Waals surface area contributed by atoms with E-state index < -0.39 is 0 Å². The third kappa shape index (κ3) is 1.45. The van der Waals surface area contributed by atoms with Crippen molar-refractivity contribution in [2.24, 2.45) is 5.73 Å². The van der Waals surface area contributed by atoms with Gasteiger partial charge in [0.25, 0.3) is 0 Å². The van der Waals surface area contributed by atoms with Crippen molar-refractivity contribution in [2.45, 2.75) is 6.42 Å². The fourth-order valence-corrected chi connectivity index (χ4v) is 2.07. The van der Waals surface area contributed by atoms with Crippen molar-refractivity contribution in [1.82, 2.24) is 0 Å². The van der Waals surface area contributed by atoms with Crippen LogP contribution in [0.5, 0.6) is 0 Å². The lowest BCUT2D eigenvalue weighted by Gasteiger charge is -2.02. The molecule has 0 saturated carbocycles. The van der Waals surface area contributed by atoms with Gasteiger partial charge >= 0.3 is 0 Å². The first-order valence-corrected chi connectivity index (χ1v) is 5.42. The van der Waals surface area contributed by atoms with Gasteiger partial charge in [0.1, 0.15) is 11.2 Å². The first kappa shape index (κ1) is 10.1. The minimum Gasteiger partial charge on any atom is -0.464 e. The number of carbonyl (C=O) groups is 1. The molecule has 0 aliphatic heterocycles. The lowest BCUT2D eigenvalue weighted by atomic mass is 10.0. The molecule has 0 fully saturated rings. The van der Waals surface area contributed by atoms with Crippen LogP contribution in [0.4, 0.5) is 0 Å². The Balaban J connectivity index is 2.37. The summed E-state index contributed by atoms with van der Waals surface area (Å²) in [6.45, 7) is 0.329. The Kier molecular flexibility index (Phi) is 2.23. The van der Waals surface area contributed by atoms with Crippen LogP contribution in [0, 0.1) is 0 Å². The summed E-state index contributed by atoms with van der Waals surface area (Å²) in [6.07, 6.45) is 3.45. The number of Topliss-reactive ketones (excluding diaryl/α,β-unsaturated/α-hetero) is 1. The van der Waals surface area contributed by atoms with Crippen molar-refractivity contribution in [3.8, 4) is 0 Å². The summed E-state index contributed by atoms with van der Waals surface area (Å²) in [7, 11) is 0. The predicted octanol–water partition coefficient (Wildman–Crippen LogP) is 2.71. The topological polar surface area (TPSA) is 69.4 Å². The first-order chi connectivity index (χ1) is 8.31. The molecule has 3 aromatic rings. The monoisotopic (exact) mass is 229 g/mol. The molecule has 2 N–H and O–H groups in total. The molecule has 0 radical (unpaired) electrons. The molecule has 0 bridgehead atoms. The van der Waals surface area contributed by atoms with E-state index in [1.807, 2.05) is 12.1 Å². The van der Waals surface area contributed by atoms with Crippen LogP contribution in [0.25, 0.3) is 21.9 Å². The van der Waals surface area contributed by atoms with Crippen LogP contribution in [0.15, 0.2) is 39.6 Å². The molecule has 17 heavy (non-hydrogen) atoms. The number of benzene rings is 1. The highest BCUT2D eigenvalue weighted by atomic mass is 16.3. The van der Waals surface area contributed by atoms with Crippen LogP contribution in [-0.4, -0.2) is 12.3 Å². The van der Waals surface area contributed by atoms with Crippen LogP contribution in [0.1, 0.15) is 16.8 Å². The lowest BCUT2D eigenvalue weighted by molar-refractivity contribution is 0.0987. The minimum absolute atomic E-state index is 0.0144. The van der Waals surface area contributed by atoms with E-state index in [0.29, 0.717) is 29.7 Å². The molecule has 1 aromatic carbocycles. The number of hydrogen-bond acceptors (Lipinski definition) is 4. The van der Waals surface area contributed by atoms with Crippen molar-refractivity contribution in [3.05, 3.63) is 36.3 Å². The molecule has 2 heterocycles. The molecule has 0 saturated heterocycles. The second-order valence-corrected chi connectivity index (χ2v) is 3.88. The van der Waals surface area contributed by atoms with Crippen LogP contribution in [-0.2, 0) is 0 Å². The molecule has 0 aliphatic rings. The van der Waals surface area contributed by atoms with Crippen LogP contribution in [0.2, 0.25) is 0 Å². The normalized spacial score (nSPS) is 11.4. The fourth-order valence-electron chi connectivity index (χ4n) is 2.07. The van der Waals surface area contributed by atoms with E-state index in [1.54, 1.807) is 18.6 Å². The highest BCUT2D eigenvalue weighted by Gasteiger charge is 2.18. The van der Waals surface area contributed by atoms with E-state index in [1.165, 1.54) is 0 Å². The summed E-state index contributed by atoms with van der Waals surface area (Å²) < 4.78 is 10.7. The quantitative estimate of drug-likeness (QED) is 0.701.